The lowest BCUT2D eigenvalue weighted by atomic mass is 10.0. The van der Waals surface area contributed by atoms with Crippen molar-refractivity contribution in [3.05, 3.63) is 71.2 Å². The Morgan fingerprint density at radius 1 is 0.947 bits per heavy atom. The number of benzene rings is 2. The fraction of sp³-hybridized carbons (Fsp3) is 0.111. The normalized spacial score (nSPS) is 13.6. The molecule has 0 amide bonds. The number of rotatable bonds is 1. The van der Waals surface area contributed by atoms with Gasteiger partial charge in [0.15, 0.2) is 0 Å². The fourth-order valence-electron chi connectivity index (χ4n) is 2.86. The molecule has 0 saturated carbocycles. The molecule has 0 atom stereocenters. The van der Waals surface area contributed by atoms with E-state index in [4.69, 9.17) is 4.42 Å². The van der Waals surface area contributed by atoms with Gasteiger partial charge in [-0.05, 0) is 52.6 Å². The lowest BCUT2D eigenvalue weighted by molar-refractivity contribution is 0.521. The average molecular weight is 246 g/mol. The molecule has 0 aliphatic heterocycles. The van der Waals surface area contributed by atoms with Crippen molar-refractivity contribution in [2.24, 2.45) is 0 Å². The van der Waals surface area contributed by atoms with Crippen LogP contribution in [0.2, 0.25) is 0 Å². The Bertz CT molecular complexity index is 805. The van der Waals surface area contributed by atoms with Crippen LogP contribution in [0.1, 0.15) is 22.6 Å². The molecule has 0 bridgehead atoms. The van der Waals surface area contributed by atoms with E-state index in [-0.39, 0.29) is 0 Å². The molecule has 2 aromatic carbocycles. The predicted octanol–water partition coefficient (Wildman–Crippen LogP) is 4.84. The molecule has 92 valence electrons. The second-order valence-corrected chi connectivity index (χ2v) is 5.12. The molecular formula is C18H14O. The van der Waals surface area contributed by atoms with E-state index in [0.29, 0.717) is 0 Å². The van der Waals surface area contributed by atoms with Crippen molar-refractivity contribution in [2.45, 2.75) is 13.3 Å². The Balaban J connectivity index is 1.90. The van der Waals surface area contributed by atoms with Crippen molar-refractivity contribution in [2.75, 3.05) is 0 Å². The minimum atomic E-state index is 0.965. The van der Waals surface area contributed by atoms with Gasteiger partial charge >= 0.3 is 0 Å². The van der Waals surface area contributed by atoms with E-state index in [1.54, 1.807) is 0 Å². The number of aryl methyl sites for hydroxylation is 1. The van der Waals surface area contributed by atoms with E-state index in [1.807, 2.05) is 13.0 Å². The molecule has 19 heavy (non-hydrogen) atoms. The fourth-order valence-corrected chi connectivity index (χ4v) is 2.86. The first kappa shape index (κ1) is 10.6. The van der Waals surface area contributed by atoms with Gasteiger partial charge in [0, 0.05) is 6.42 Å². The number of hydrogen-bond acceptors (Lipinski definition) is 1. The standard InChI is InChI=1S/C18H14O/c1-12-6-9-18(19-12)15-10-14-8-7-13-4-2-3-5-16(13)17(14)11-15/h2-9,11H,10H2,1H3. The van der Waals surface area contributed by atoms with Crippen molar-refractivity contribution in [1.29, 1.82) is 0 Å². The molecule has 3 aromatic rings. The molecule has 1 aliphatic rings. The second kappa shape index (κ2) is 3.86. The summed E-state index contributed by atoms with van der Waals surface area (Å²) in [5, 5.41) is 2.63. The molecule has 0 N–H and O–H groups in total. The summed E-state index contributed by atoms with van der Waals surface area (Å²) in [5.74, 6) is 1.97. The lowest BCUT2D eigenvalue weighted by Crippen LogP contribution is -1.85. The molecule has 0 spiro atoms. The van der Waals surface area contributed by atoms with Crippen LogP contribution < -0.4 is 0 Å². The van der Waals surface area contributed by atoms with Gasteiger partial charge in [-0.2, -0.15) is 0 Å². The smallest absolute Gasteiger partial charge is 0.130 e. The third kappa shape index (κ3) is 1.62. The van der Waals surface area contributed by atoms with Crippen LogP contribution in [0.3, 0.4) is 0 Å². The quantitative estimate of drug-likeness (QED) is 0.599. The molecule has 1 heteroatoms. The summed E-state index contributed by atoms with van der Waals surface area (Å²) < 4.78 is 5.74. The molecular weight excluding hydrogens is 232 g/mol. The van der Waals surface area contributed by atoms with Crippen LogP contribution in [0, 0.1) is 6.92 Å². The highest BCUT2D eigenvalue weighted by atomic mass is 16.3. The van der Waals surface area contributed by atoms with Crippen LogP contribution >= 0.6 is 0 Å². The topological polar surface area (TPSA) is 13.1 Å². The number of furan rings is 1. The maximum atomic E-state index is 5.74. The average Bonchev–Trinajstić information content (AvgIpc) is 3.04. The summed E-state index contributed by atoms with van der Waals surface area (Å²) in [6.45, 7) is 1.99. The van der Waals surface area contributed by atoms with Gasteiger partial charge in [0.1, 0.15) is 11.5 Å². The Morgan fingerprint density at radius 2 is 1.84 bits per heavy atom. The van der Waals surface area contributed by atoms with E-state index in [1.165, 1.54) is 27.5 Å². The predicted molar refractivity (Wildman–Crippen MR) is 79.0 cm³/mol. The number of allylic oxidation sites excluding steroid dienone is 1. The Hall–Kier alpha value is -2.28. The third-order valence-corrected chi connectivity index (χ3v) is 3.82. The summed E-state index contributed by atoms with van der Waals surface area (Å²) in [6.07, 6.45) is 3.24. The molecule has 1 heterocycles. The highest BCUT2D eigenvalue weighted by molar-refractivity contribution is 6.00. The Labute approximate surface area is 112 Å². The Morgan fingerprint density at radius 3 is 2.68 bits per heavy atom. The molecule has 1 nitrogen and oxygen atoms in total. The number of hydrogen-bond donors (Lipinski definition) is 0. The minimum Gasteiger partial charge on any atom is -0.462 e. The van der Waals surface area contributed by atoms with Crippen LogP contribution in [-0.2, 0) is 6.42 Å². The Kier molecular flexibility index (Phi) is 2.16. The van der Waals surface area contributed by atoms with Gasteiger partial charge < -0.3 is 4.42 Å². The van der Waals surface area contributed by atoms with Crippen molar-refractivity contribution >= 4 is 22.4 Å². The monoisotopic (exact) mass is 246 g/mol. The largest absolute Gasteiger partial charge is 0.462 e. The van der Waals surface area contributed by atoms with E-state index in [2.05, 4.69) is 48.5 Å². The van der Waals surface area contributed by atoms with Gasteiger partial charge in [-0.25, -0.2) is 0 Å². The number of fused-ring (bicyclic) bond motifs is 3. The van der Waals surface area contributed by atoms with Crippen molar-refractivity contribution < 1.29 is 4.42 Å². The zero-order chi connectivity index (χ0) is 12.8. The van der Waals surface area contributed by atoms with Gasteiger partial charge in [0.2, 0.25) is 0 Å². The van der Waals surface area contributed by atoms with Crippen LogP contribution in [0.25, 0.3) is 22.4 Å². The minimum absolute atomic E-state index is 0.965. The molecule has 0 unspecified atom stereocenters. The van der Waals surface area contributed by atoms with Crippen LogP contribution in [-0.4, -0.2) is 0 Å². The maximum Gasteiger partial charge on any atom is 0.130 e. The molecule has 1 aliphatic carbocycles. The molecule has 4 rings (SSSR count). The van der Waals surface area contributed by atoms with E-state index in [9.17, 15) is 0 Å². The molecule has 0 fully saturated rings. The first-order chi connectivity index (χ1) is 9.31. The summed E-state index contributed by atoms with van der Waals surface area (Å²) >= 11 is 0. The van der Waals surface area contributed by atoms with Crippen LogP contribution in [0.15, 0.2) is 52.9 Å². The second-order valence-electron chi connectivity index (χ2n) is 5.12. The van der Waals surface area contributed by atoms with Crippen molar-refractivity contribution in [3.8, 4) is 0 Å². The van der Waals surface area contributed by atoms with Crippen LogP contribution in [0.4, 0.5) is 0 Å². The summed E-state index contributed by atoms with van der Waals surface area (Å²) in [4.78, 5) is 0. The first-order valence-electron chi connectivity index (χ1n) is 6.59. The van der Waals surface area contributed by atoms with Crippen LogP contribution in [0.5, 0.6) is 0 Å². The highest BCUT2D eigenvalue weighted by Gasteiger charge is 2.18. The maximum absolute atomic E-state index is 5.74. The lowest BCUT2D eigenvalue weighted by Gasteiger charge is -2.03. The van der Waals surface area contributed by atoms with Gasteiger partial charge in [0.05, 0.1) is 0 Å². The van der Waals surface area contributed by atoms with Gasteiger partial charge in [-0.15, -0.1) is 0 Å². The van der Waals surface area contributed by atoms with Gasteiger partial charge in [-0.3, -0.25) is 0 Å². The van der Waals surface area contributed by atoms with Gasteiger partial charge in [-0.1, -0.05) is 36.4 Å². The zero-order valence-corrected chi connectivity index (χ0v) is 10.8. The van der Waals surface area contributed by atoms with Gasteiger partial charge in [0.25, 0.3) is 0 Å². The summed E-state index contributed by atoms with van der Waals surface area (Å²) in [6, 6.07) is 17.1. The summed E-state index contributed by atoms with van der Waals surface area (Å²) in [5.41, 5.74) is 4.02. The summed E-state index contributed by atoms with van der Waals surface area (Å²) in [7, 11) is 0. The van der Waals surface area contributed by atoms with E-state index >= 15 is 0 Å². The SMILES string of the molecule is Cc1ccc(C2=Cc3c(ccc4ccccc34)C2)o1. The molecule has 0 radical (unpaired) electrons. The van der Waals surface area contributed by atoms with Crippen molar-refractivity contribution in [3.63, 3.8) is 0 Å². The molecule has 0 saturated heterocycles. The highest BCUT2D eigenvalue weighted by Crippen LogP contribution is 2.36. The van der Waals surface area contributed by atoms with Crippen molar-refractivity contribution in [1.82, 2.24) is 0 Å². The third-order valence-electron chi connectivity index (χ3n) is 3.82. The van der Waals surface area contributed by atoms with E-state index in [0.717, 1.165) is 17.9 Å². The first-order valence-corrected chi connectivity index (χ1v) is 6.59. The molecule has 1 aromatic heterocycles. The van der Waals surface area contributed by atoms with E-state index < -0.39 is 0 Å². The zero-order valence-electron chi connectivity index (χ0n) is 10.8.